The summed E-state index contributed by atoms with van der Waals surface area (Å²) < 4.78 is 11.0. The van der Waals surface area contributed by atoms with Crippen molar-refractivity contribution in [3.8, 4) is 5.75 Å². The second kappa shape index (κ2) is 17.3. The minimum absolute atomic E-state index is 0.00988. The Labute approximate surface area is 256 Å². The van der Waals surface area contributed by atoms with E-state index in [1.807, 2.05) is 13.0 Å². The number of aromatic hydroxyl groups is 1. The fourth-order valence-corrected chi connectivity index (χ4v) is 5.60. The van der Waals surface area contributed by atoms with Crippen LogP contribution in [0.4, 0.5) is 0 Å². The smallest absolute Gasteiger partial charge is 0.345 e. The topological polar surface area (TPSA) is 161 Å². The van der Waals surface area contributed by atoms with Gasteiger partial charge in [0.05, 0.1) is 36.9 Å². The quantitative estimate of drug-likeness (QED) is 0.117. The van der Waals surface area contributed by atoms with Gasteiger partial charge in [-0.2, -0.15) is 0 Å². The second-order valence-corrected chi connectivity index (χ2v) is 12.8. The molecule has 0 spiro atoms. The van der Waals surface area contributed by atoms with Crippen LogP contribution in [-0.4, -0.2) is 68.3 Å². The molecule has 0 radical (unpaired) electrons. The highest BCUT2D eigenvalue weighted by molar-refractivity contribution is 5.36. The first-order valence-corrected chi connectivity index (χ1v) is 15.6. The summed E-state index contributed by atoms with van der Waals surface area (Å²) in [5.41, 5.74) is -0.865. The van der Waals surface area contributed by atoms with Gasteiger partial charge < -0.3 is 39.8 Å². The fourth-order valence-electron chi connectivity index (χ4n) is 5.60. The molecular weight excluding hydrogens is 552 g/mol. The first kappa shape index (κ1) is 36.9. The van der Waals surface area contributed by atoms with Gasteiger partial charge in [0, 0.05) is 12.5 Å². The number of rotatable bonds is 16. The first-order chi connectivity index (χ1) is 20.2. The van der Waals surface area contributed by atoms with Gasteiger partial charge in [-0.1, -0.05) is 82.8 Å². The molecular formula is C34H54O9. The summed E-state index contributed by atoms with van der Waals surface area (Å²) in [5.74, 6) is 0.430. The molecule has 9 nitrogen and oxygen atoms in total. The molecule has 2 rings (SSSR count). The third-order valence-electron chi connectivity index (χ3n) is 8.34. The summed E-state index contributed by atoms with van der Waals surface area (Å²) >= 11 is 0. The zero-order chi connectivity index (χ0) is 32.3. The van der Waals surface area contributed by atoms with Crippen molar-refractivity contribution in [2.75, 3.05) is 13.2 Å². The molecule has 7 atom stereocenters. The van der Waals surface area contributed by atoms with Crippen molar-refractivity contribution in [3.63, 3.8) is 0 Å². The van der Waals surface area contributed by atoms with Crippen molar-refractivity contribution in [2.24, 2.45) is 11.8 Å². The van der Waals surface area contributed by atoms with Crippen LogP contribution in [0.25, 0.3) is 0 Å². The van der Waals surface area contributed by atoms with Gasteiger partial charge in [-0.25, -0.2) is 4.79 Å². The molecule has 1 aromatic rings. The number of hydrogen-bond acceptors (Lipinski definition) is 9. The first-order valence-electron chi connectivity index (χ1n) is 15.6. The summed E-state index contributed by atoms with van der Waals surface area (Å²) in [7, 11) is 0. The highest BCUT2D eigenvalue weighted by atomic mass is 16.5. The van der Waals surface area contributed by atoms with E-state index in [2.05, 4.69) is 26.8 Å². The second-order valence-electron chi connectivity index (χ2n) is 12.8. The Morgan fingerprint density at radius 1 is 1.16 bits per heavy atom. The van der Waals surface area contributed by atoms with Gasteiger partial charge in [0.2, 0.25) is 0 Å². The molecule has 0 saturated carbocycles. The molecule has 2 heterocycles. The van der Waals surface area contributed by atoms with Crippen molar-refractivity contribution in [3.05, 3.63) is 63.3 Å². The zero-order valence-corrected chi connectivity index (χ0v) is 26.7. The number of aliphatic hydroxyl groups is 5. The molecule has 43 heavy (non-hydrogen) atoms. The number of ether oxygens (including phenoxy) is 1. The molecule has 0 bridgehead atoms. The van der Waals surface area contributed by atoms with E-state index in [-0.39, 0.29) is 24.4 Å². The van der Waals surface area contributed by atoms with Crippen molar-refractivity contribution < 1.29 is 39.8 Å². The van der Waals surface area contributed by atoms with Gasteiger partial charge in [0.15, 0.2) is 0 Å². The lowest BCUT2D eigenvalue weighted by molar-refractivity contribution is -0.180. The Bertz CT molecular complexity index is 1150. The van der Waals surface area contributed by atoms with E-state index in [1.165, 1.54) is 38.2 Å². The molecule has 1 aromatic heterocycles. The minimum Gasteiger partial charge on any atom is -0.507 e. The van der Waals surface area contributed by atoms with Gasteiger partial charge in [0.1, 0.15) is 29.3 Å². The minimum atomic E-state index is -1.50. The van der Waals surface area contributed by atoms with E-state index in [9.17, 15) is 35.4 Å². The Balaban J connectivity index is 2.14. The lowest BCUT2D eigenvalue weighted by Gasteiger charge is -2.36. The highest BCUT2D eigenvalue weighted by Gasteiger charge is 2.41. The lowest BCUT2D eigenvalue weighted by atomic mass is 9.82. The van der Waals surface area contributed by atoms with Crippen LogP contribution in [-0.2, 0) is 10.2 Å². The fraction of sp³-hybridized carbons (Fsp3) is 0.676. The average molecular weight is 607 g/mol. The van der Waals surface area contributed by atoms with Crippen LogP contribution in [0.2, 0.25) is 0 Å². The predicted octanol–water partition coefficient (Wildman–Crippen LogP) is 4.58. The maximum absolute atomic E-state index is 12.9. The highest BCUT2D eigenvalue weighted by Crippen LogP contribution is 2.37. The Morgan fingerprint density at radius 3 is 2.47 bits per heavy atom. The van der Waals surface area contributed by atoms with Gasteiger partial charge in [-0.3, -0.25) is 0 Å². The van der Waals surface area contributed by atoms with Crippen molar-refractivity contribution in [2.45, 2.75) is 122 Å². The standard InChI is InChI=1S/C34H54O9/c1-7-8-9-10-11-21(2)14-23(4)16-24(19-35)15-22(3)12-13-28(39)34(5,6)29-18-26(37)30(33(41)43-29)32-31(40)27(38)17-25(20-36)42-32/h12-13,15-16,18,21,23,25,27-28,31-32,35-40H,7-11,14,17,19-20H2,1-6H3/b13-12+,22-15+,24-16-/t21?,23?,25-,27-,28?,31+,32-/m0/s1. The van der Waals surface area contributed by atoms with E-state index < -0.39 is 53.9 Å². The van der Waals surface area contributed by atoms with Gasteiger partial charge in [-0.15, -0.1) is 0 Å². The maximum atomic E-state index is 12.9. The molecule has 244 valence electrons. The van der Waals surface area contributed by atoms with Crippen molar-refractivity contribution in [1.82, 2.24) is 0 Å². The average Bonchev–Trinajstić information content (AvgIpc) is 2.95. The largest absolute Gasteiger partial charge is 0.507 e. The molecule has 0 aliphatic carbocycles. The number of hydrogen-bond donors (Lipinski definition) is 6. The number of aliphatic hydroxyl groups excluding tert-OH is 5. The van der Waals surface area contributed by atoms with Gasteiger partial charge in [0.25, 0.3) is 0 Å². The SMILES string of the molecule is CCCCCCC(C)CC(C)/C=C(/C=C(C)/C=C/C(O)C(C)(C)c1cc(O)c([C@@H]2O[C@H](CO)C[C@H](O)[C@H]2O)c(=O)o1)CO. The number of allylic oxidation sites excluding steroid dienone is 3. The van der Waals surface area contributed by atoms with Gasteiger partial charge >= 0.3 is 5.63 Å². The predicted molar refractivity (Wildman–Crippen MR) is 167 cm³/mol. The van der Waals surface area contributed by atoms with Crippen LogP contribution >= 0.6 is 0 Å². The van der Waals surface area contributed by atoms with Crippen LogP contribution in [0.1, 0.15) is 104 Å². The molecule has 1 saturated heterocycles. The summed E-state index contributed by atoms with van der Waals surface area (Å²) in [6.07, 6.45) is 8.44. The molecule has 1 aliphatic heterocycles. The lowest BCUT2D eigenvalue weighted by Crippen LogP contribution is -2.46. The Kier molecular flexibility index (Phi) is 14.8. The van der Waals surface area contributed by atoms with E-state index >= 15 is 0 Å². The van der Waals surface area contributed by atoms with E-state index in [4.69, 9.17) is 9.15 Å². The Morgan fingerprint density at radius 2 is 1.86 bits per heavy atom. The van der Waals surface area contributed by atoms with E-state index in [0.29, 0.717) is 11.8 Å². The molecule has 6 N–H and O–H groups in total. The van der Waals surface area contributed by atoms with Crippen molar-refractivity contribution >= 4 is 0 Å². The van der Waals surface area contributed by atoms with Crippen LogP contribution in [0.5, 0.6) is 5.75 Å². The molecule has 0 amide bonds. The van der Waals surface area contributed by atoms with Crippen LogP contribution < -0.4 is 5.63 Å². The van der Waals surface area contributed by atoms with Crippen LogP contribution in [0.15, 0.2) is 50.7 Å². The van der Waals surface area contributed by atoms with Crippen LogP contribution in [0, 0.1) is 11.8 Å². The zero-order valence-electron chi connectivity index (χ0n) is 26.7. The van der Waals surface area contributed by atoms with E-state index in [0.717, 1.165) is 17.6 Å². The normalized spacial score (nSPS) is 24.3. The summed E-state index contributed by atoms with van der Waals surface area (Å²) in [6, 6.07) is 1.19. The van der Waals surface area contributed by atoms with Crippen molar-refractivity contribution in [1.29, 1.82) is 0 Å². The summed E-state index contributed by atoms with van der Waals surface area (Å²) in [6.45, 7) is 11.3. The molecule has 1 aliphatic rings. The molecule has 0 aromatic carbocycles. The molecule has 9 heteroatoms. The molecule has 1 fully saturated rings. The van der Waals surface area contributed by atoms with Crippen LogP contribution in [0.3, 0.4) is 0 Å². The summed E-state index contributed by atoms with van der Waals surface area (Å²) in [4.78, 5) is 12.9. The number of unbranched alkanes of at least 4 members (excludes halogenated alkanes) is 3. The maximum Gasteiger partial charge on any atom is 0.345 e. The summed E-state index contributed by atoms with van der Waals surface area (Å²) in [5, 5.41) is 61.6. The monoisotopic (exact) mass is 606 g/mol. The molecule has 3 unspecified atom stereocenters. The third kappa shape index (κ3) is 10.7. The van der Waals surface area contributed by atoms with Gasteiger partial charge in [-0.05, 0) is 44.6 Å². The third-order valence-corrected chi connectivity index (χ3v) is 8.34. The Hall–Kier alpha value is -2.27. The van der Waals surface area contributed by atoms with E-state index in [1.54, 1.807) is 26.0 Å².